The van der Waals surface area contributed by atoms with Gasteiger partial charge < -0.3 is 15.7 Å². The van der Waals surface area contributed by atoms with E-state index in [9.17, 15) is 23.5 Å². The molecule has 0 bridgehead atoms. The van der Waals surface area contributed by atoms with Gasteiger partial charge in [0.05, 0.1) is 12.6 Å². The Balaban J connectivity index is 2.19. The smallest absolute Gasteiger partial charge is 0.251 e. The van der Waals surface area contributed by atoms with Crippen molar-refractivity contribution in [2.24, 2.45) is 0 Å². The second-order valence-electron chi connectivity index (χ2n) is 5.15. The number of rotatable bonds is 6. The minimum Gasteiger partial charge on any atom is -0.394 e. The Morgan fingerprint density at radius 2 is 1.96 bits per heavy atom. The summed E-state index contributed by atoms with van der Waals surface area (Å²) in [4.78, 5) is 23.6. The molecule has 0 aliphatic rings. The normalized spacial score (nSPS) is 11.5. The fourth-order valence-corrected chi connectivity index (χ4v) is 2.18. The number of hydrogen-bond acceptors (Lipinski definition) is 3. The third-order valence-electron chi connectivity index (χ3n) is 3.40. The van der Waals surface area contributed by atoms with Crippen molar-refractivity contribution in [3.8, 4) is 0 Å². The molecular weight excluding hydrogens is 330 g/mol. The monoisotopic (exact) mass is 346 g/mol. The van der Waals surface area contributed by atoms with Crippen LogP contribution in [0, 0.1) is 11.6 Å². The molecule has 1 atom stereocenters. The summed E-state index contributed by atoms with van der Waals surface area (Å²) in [5.41, 5.74) is 0.388. The first-order chi connectivity index (χ1) is 11.9. The minimum atomic E-state index is -1.12. The molecule has 0 aliphatic carbocycles. The van der Waals surface area contributed by atoms with Crippen molar-refractivity contribution in [2.45, 2.75) is 6.04 Å². The van der Waals surface area contributed by atoms with E-state index in [4.69, 9.17) is 0 Å². The first kappa shape index (κ1) is 18.3. The fourth-order valence-electron chi connectivity index (χ4n) is 2.18. The SMILES string of the molecule is C=CC(=O)Nc1cccc(C(=O)NC(CO)c2cc(F)ccc2F)c1. The highest BCUT2D eigenvalue weighted by Crippen LogP contribution is 2.19. The highest BCUT2D eigenvalue weighted by Gasteiger charge is 2.19. The van der Waals surface area contributed by atoms with Gasteiger partial charge in [-0.2, -0.15) is 0 Å². The van der Waals surface area contributed by atoms with Crippen molar-refractivity contribution in [3.05, 3.63) is 77.9 Å². The van der Waals surface area contributed by atoms with Gasteiger partial charge in [0.15, 0.2) is 0 Å². The number of amides is 2. The average Bonchev–Trinajstić information content (AvgIpc) is 2.61. The van der Waals surface area contributed by atoms with E-state index in [1.54, 1.807) is 12.1 Å². The molecular formula is C18H16F2N2O3. The number of nitrogens with one attached hydrogen (secondary N) is 2. The molecule has 2 aromatic carbocycles. The van der Waals surface area contributed by atoms with Gasteiger partial charge in [0.25, 0.3) is 5.91 Å². The van der Waals surface area contributed by atoms with Crippen LogP contribution >= 0.6 is 0 Å². The maximum absolute atomic E-state index is 13.8. The summed E-state index contributed by atoms with van der Waals surface area (Å²) in [6.07, 6.45) is 1.08. The van der Waals surface area contributed by atoms with E-state index in [-0.39, 0.29) is 11.1 Å². The zero-order valence-electron chi connectivity index (χ0n) is 13.1. The number of aliphatic hydroxyl groups is 1. The van der Waals surface area contributed by atoms with Crippen LogP contribution in [-0.2, 0) is 4.79 Å². The standard InChI is InChI=1S/C18H16F2N2O3/c1-2-17(24)21-13-5-3-4-11(8-13)18(25)22-16(10-23)14-9-12(19)6-7-15(14)20/h2-9,16,23H,1,10H2,(H,21,24)(H,22,25). The number of halogens is 2. The average molecular weight is 346 g/mol. The van der Waals surface area contributed by atoms with Gasteiger partial charge in [-0.1, -0.05) is 12.6 Å². The summed E-state index contributed by atoms with van der Waals surface area (Å²) in [6.45, 7) is 2.72. The van der Waals surface area contributed by atoms with Crippen LogP contribution in [-0.4, -0.2) is 23.5 Å². The summed E-state index contributed by atoms with van der Waals surface area (Å²) >= 11 is 0. The Labute approximate surface area is 143 Å². The van der Waals surface area contributed by atoms with Gasteiger partial charge >= 0.3 is 0 Å². The Morgan fingerprint density at radius 1 is 1.20 bits per heavy atom. The second-order valence-corrected chi connectivity index (χ2v) is 5.15. The molecule has 2 aromatic rings. The summed E-state index contributed by atoms with van der Waals surface area (Å²) in [7, 11) is 0. The van der Waals surface area contributed by atoms with Crippen molar-refractivity contribution in [1.82, 2.24) is 5.32 Å². The predicted molar refractivity (Wildman–Crippen MR) is 88.9 cm³/mol. The van der Waals surface area contributed by atoms with E-state index >= 15 is 0 Å². The largest absolute Gasteiger partial charge is 0.394 e. The quantitative estimate of drug-likeness (QED) is 0.704. The van der Waals surface area contributed by atoms with Crippen molar-refractivity contribution in [3.63, 3.8) is 0 Å². The lowest BCUT2D eigenvalue weighted by atomic mass is 10.1. The Kier molecular flexibility index (Phi) is 5.97. The summed E-state index contributed by atoms with van der Waals surface area (Å²) in [6, 6.07) is 7.68. The fraction of sp³-hybridized carbons (Fsp3) is 0.111. The van der Waals surface area contributed by atoms with Gasteiger partial charge in [0, 0.05) is 16.8 Å². The summed E-state index contributed by atoms with van der Waals surface area (Å²) in [5, 5.41) is 14.4. The van der Waals surface area contributed by atoms with Crippen LogP contribution in [0.2, 0.25) is 0 Å². The molecule has 0 aromatic heterocycles. The van der Waals surface area contributed by atoms with Crippen LogP contribution in [0.15, 0.2) is 55.1 Å². The Hall–Kier alpha value is -3.06. The van der Waals surface area contributed by atoms with Crippen molar-refractivity contribution >= 4 is 17.5 Å². The molecule has 2 amide bonds. The first-order valence-electron chi connectivity index (χ1n) is 7.34. The molecule has 0 saturated carbocycles. The molecule has 0 fully saturated rings. The van der Waals surface area contributed by atoms with Crippen LogP contribution in [0.25, 0.3) is 0 Å². The summed E-state index contributed by atoms with van der Waals surface area (Å²) in [5.74, 6) is -2.48. The van der Waals surface area contributed by atoms with Gasteiger partial charge in [0.1, 0.15) is 11.6 Å². The molecule has 5 nitrogen and oxygen atoms in total. The zero-order chi connectivity index (χ0) is 18.4. The lowest BCUT2D eigenvalue weighted by Crippen LogP contribution is -2.31. The topological polar surface area (TPSA) is 78.4 Å². The zero-order valence-corrected chi connectivity index (χ0v) is 13.1. The van der Waals surface area contributed by atoms with Gasteiger partial charge in [-0.25, -0.2) is 8.78 Å². The molecule has 1 unspecified atom stereocenters. The maximum atomic E-state index is 13.8. The maximum Gasteiger partial charge on any atom is 0.251 e. The third kappa shape index (κ3) is 4.71. The van der Waals surface area contributed by atoms with Gasteiger partial charge in [-0.05, 0) is 42.5 Å². The number of benzene rings is 2. The number of carbonyl (C=O) groups is 2. The summed E-state index contributed by atoms with van der Waals surface area (Å²) < 4.78 is 27.1. The molecule has 0 saturated heterocycles. The predicted octanol–water partition coefficient (Wildman–Crippen LogP) is 2.55. The van der Waals surface area contributed by atoms with E-state index in [0.29, 0.717) is 5.69 Å². The number of aliphatic hydroxyl groups excluding tert-OH is 1. The number of hydrogen-bond donors (Lipinski definition) is 3. The molecule has 130 valence electrons. The van der Waals surface area contributed by atoms with Crippen LogP contribution in [0.1, 0.15) is 22.0 Å². The van der Waals surface area contributed by atoms with Gasteiger partial charge in [0.2, 0.25) is 5.91 Å². The second kappa shape index (κ2) is 8.16. The van der Waals surface area contributed by atoms with Gasteiger partial charge in [-0.3, -0.25) is 9.59 Å². The lowest BCUT2D eigenvalue weighted by Gasteiger charge is -2.18. The Morgan fingerprint density at radius 3 is 2.64 bits per heavy atom. The molecule has 0 heterocycles. The van der Waals surface area contributed by atoms with Crippen LogP contribution < -0.4 is 10.6 Å². The van der Waals surface area contributed by atoms with E-state index in [2.05, 4.69) is 17.2 Å². The first-order valence-corrected chi connectivity index (χ1v) is 7.34. The van der Waals surface area contributed by atoms with Crippen molar-refractivity contribution in [1.29, 1.82) is 0 Å². The number of carbonyl (C=O) groups excluding carboxylic acids is 2. The molecule has 0 spiro atoms. The van der Waals surface area contributed by atoms with Crippen molar-refractivity contribution in [2.75, 3.05) is 11.9 Å². The van der Waals surface area contributed by atoms with Crippen molar-refractivity contribution < 1.29 is 23.5 Å². The Bertz CT molecular complexity index is 809. The molecule has 7 heteroatoms. The highest BCUT2D eigenvalue weighted by molar-refractivity contribution is 6.00. The lowest BCUT2D eigenvalue weighted by molar-refractivity contribution is -0.111. The highest BCUT2D eigenvalue weighted by atomic mass is 19.1. The minimum absolute atomic E-state index is 0.160. The number of anilines is 1. The van der Waals surface area contributed by atoms with Crippen LogP contribution in [0.5, 0.6) is 0 Å². The third-order valence-corrected chi connectivity index (χ3v) is 3.40. The van der Waals surface area contributed by atoms with E-state index in [1.807, 2.05) is 0 Å². The van der Waals surface area contributed by atoms with Crippen LogP contribution in [0.3, 0.4) is 0 Å². The molecule has 25 heavy (non-hydrogen) atoms. The molecule has 0 aliphatic heterocycles. The van der Waals surface area contributed by atoms with E-state index in [1.165, 1.54) is 12.1 Å². The molecule has 3 N–H and O–H groups in total. The van der Waals surface area contributed by atoms with E-state index < -0.39 is 36.1 Å². The molecule has 0 radical (unpaired) electrons. The van der Waals surface area contributed by atoms with Crippen LogP contribution in [0.4, 0.5) is 14.5 Å². The van der Waals surface area contributed by atoms with Gasteiger partial charge in [-0.15, -0.1) is 0 Å². The molecule has 2 rings (SSSR count). The van der Waals surface area contributed by atoms with E-state index in [0.717, 1.165) is 24.3 Å².